The van der Waals surface area contributed by atoms with Crippen LogP contribution in [-0.2, 0) is 11.3 Å². The fourth-order valence-corrected chi connectivity index (χ4v) is 2.61. The Bertz CT molecular complexity index is 664. The molecule has 1 amide bonds. The lowest BCUT2D eigenvalue weighted by atomic mass is 10.1. The Kier molecular flexibility index (Phi) is 4.88. The molecule has 1 fully saturated rings. The lowest BCUT2D eigenvalue weighted by Gasteiger charge is -2.29. The van der Waals surface area contributed by atoms with Crippen molar-refractivity contribution in [3.8, 4) is 0 Å². The molecular weight excluding hydrogens is 290 g/mol. The van der Waals surface area contributed by atoms with Gasteiger partial charge in [0.05, 0.1) is 13.2 Å². The van der Waals surface area contributed by atoms with E-state index in [-0.39, 0.29) is 5.91 Å². The number of hydrogen-bond acceptors (Lipinski definition) is 4. The number of anilines is 1. The number of amides is 1. The number of pyridine rings is 1. The number of nitrogens with zero attached hydrogens (tertiary/aromatic N) is 2. The Morgan fingerprint density at radius 2 is 1.96 bits per heavy atom. The third kappa shape index (κ3) is 3.87. The van der Waals surface area contributed by atoms with Gasteiger partial charge in [0.2, 0.25) is 0 Å². The Labute approximate surface area is 136 Å². The quantitative estimate of drug-likeness (QED) is 0.940. The van der Waals surface area contributed by atoms with E-state index in [9.17, 15) is 4.79 Å². The van der Waals surface area contributed by atoms with E-state index in [2.05, 4.69) is 15.2 Å². The zero-order valence-corrected chi connectivity index (χ0v) is 13.3. The van der Waals surface area contributed by atoms with Gasteiger partial charge in [0.25, 0.3) is 5.91 Å². The van der Waals surface area contributed by atoms with E-state index < -0.39 is 0 Å². The summed E-state index contributed by atoms with van der Waals surface area (Å²) in [5, 5.41) is 2.98. The fraction of sp³-hybridized carbons (Fsp3) is 0.333. The maximum absolute atomic E-state index is 12.3. The van der Waals surface area contributed by atoms with Crippen LogP contribution in [0, 0.1) is 6.92 Å². The number of hydrogen-bond donors (Lipinski definition) is 1. The maximum Gasteiger partial charge on any atom is 0.251 e. The molecule has 2 heterocycles. The van der Waals surface area contributed by atoms with E-state index >= 15 is 0 Å². The van der Waals surface area contributed by atoms with Crippen LogP contribution < -0.4 is 10.2 Å². The zero-order valence-electron chi connectivity index (χ0n) is 13.3. The zero-order chi connectivity index (χ0) is 16.1. The summed E-state index contributed by atoms with van der Waals surface area (Å²) in [4.78, 5) is 18.9. The fourth-order valence-electron chi connectivity index (χ4n) is 2.61. The molecule has 23 heavy (non-hydrogen) atoms. The van der Waals surface area contributed by atoms with Crippen molar-refractivity contribution < 1.29 is 9.53 Å². The van der Waals surface area contributed by atoms with Gasteiger partial charge in [0, 0.05) is 37.0 Å². The molecule has 120 valence electrons. The van der Waals surface area contributed by atoms with Gasteiger partial charge in [0.15, 0.2) is 0 Å². The standard InChI is InChI=1S/C18H21N3O2/c1-14-4-6-15(7-5-14)18(22)20-13-16-3-2-8-19-17(16)21-9-11-23-12-10-21/h2-8H,9-13H2,1H3,(H,20,22). The van der Waals surface area contributed by atoms with Crippen LogP contribution in [0.5, 0.6) is 0 Å². The molecule has 0 saturated carbocycles. The number of benzene rings is 1. The van der Waals surface area contributed by atoms with E-state index in [1.54, 1.807) is 6.20 Å². The van der Waals surface area contributed by atoms with Crippen molar-refractivity contribution in [2.75, 3.05) is 31.2 Å². The van der Waals surface area contributed by atoms with Crippen LogP contribution in [0.2, 0.25) is 0 Å². The van der Waals surface area contributed by atoms with Crippen molar-refractivity contribution in [2.24, 2.45) is 0 Å². The number of rotatable bonds is 4. The molecular formula is C18H21N3O2. The van der Waals surface area contributed by atoms with Gasteiger partial charge in [-0.25, -0.2) is 4.98 Å². The van der Waals surface area contributed by atoms with E-state index in [0.717, 1.165) is 30.0 Å². The molecule has 0 spiro atoms. The first-order valence-corrected chi connectivity index (χ1v) is 7.85. The molecule has 0 atom stereocenters. The largest absolute Gasteiger partial charge is 0.378 e. The molecule has 1 aliphatic rings. The van der Waals surface area contributed by atoms with Crippen LogP contribution in [0.1, 0.15) is 21.5 Å². The molecule has 1 N–H and O–H groups in total. The molecule has 0 unspecified atom stereocenters. The summed E-state index contributed by atoms with van der Waals surface area (Å²) in [6.07, 6.45) is 1.79. The Balaban J connectivity index is 1.68. The summed E-state index contributed by atoms with van der Waals surface area (Å²) in [5.41, 5.74) is 2.84. The lowest BCUT2D eigenvalue weighted by molar-refractivity contribution is 0.0950. The van der Waals surface area contributed by atoms with E-state index in [4.69, 9.17) is 4.74 Å². The van der Waals surface area contributed by atoms with Crippen LogP contribution in [-0.4, -0.2) is 37.2 Å². The number of ether oxygens (including phenoxy) is 1. The SMILES string of the molecule is Cc1ccc(C(=O)NCc2cccnc2N2CCOCC2)cc1. The van der Waals surface area contributed by atoms with Crippen molar-refractivity contribution in [3.05, 3.63) is 59.3 Å². The Hall–Kier alpha value is -2.40. The minimum absolute atomic E-state index is 0.0678. The third-order valence-electron chi connectivity index (χ3n) is 3.93. The molecule has 1 aromatic heterocycles. The van der Waals surface area contributed by atoms with Gasteiger partial charge in [-0.2, -0.15) is 0 Å². The molecule has 1 aromatic carbocycles. The first-order chi connectivity index (χ1) is 11.2. The second-order valence-corrected chi connectivity index (χ2v) is 5.63. The Morgan fingerprint density at radius 3 is 2.70 bits per heavy atom. The average Bonchev–Trinajstić information content (AvgIpc) is 2.61. The van der Waals surface area contributed by atoms with Gasteiger partial charge >= 0.3 is 0 Å². The maximum atomic E-state index is 12.3. The molecule has 0 aliphatic carbocycles. The van der Waals surface area contributed by atoms with Crippen LogP contribution in [0.3, 0.4) is 0 Å². The van der Waals surface area contributed by atoms with Crippen molar-refractivity contribution in [1.29, 1.82) is 0 Å². The first kappa shape index (κ1) is 15.5. The van der Waals surface area contributed by atoms with Crippen molar-refractivity contribution in [1.82, 2.24) is 10.3 Å². The Morgan fingerprint density at radius 1 is 1.22 bits per heavy atom. The van der Waals surface area contributed by atoms with Gasteiger partial charge in [-0.05, 0) is 25.1 Å². The summed E-state index contributed by atoms with van der Waals surface area (Å²) in [6.45, 7) is 5.56. The normalized spacial score (nSPS) is 14.6. The van der Waals surface area contributed by atoms with Gasteiger partial charge in [-0.15, -0.1) is 0 Å². The minimum atomic E-state index is -0.0678. The molecule has 2 aromatic rings. The summed E-state index contributed by atoms with van der Waals surface area (Å²) in [6, 6.07) is 11.5. The van der Waals surface area contributed by atoms with E-state index in [0.29, 0.717) is 25.3 Å². The summed E-state index contributed by atoms with van der Waals surface area (Å²) in [7, 11) is 0. The van der Waals surface area contributed by atoms with Gasteiger partial charge < -0.3 is 15.0 Å². The summed E-state index contributed by atoms with van der Waals surface area (Å²) < 4.78 is 5.39. The molecule has 3 rings (SSSR count). The number of nitrogens with one attached hydrogen (secondary N) is 1. The highest BCUT2D eigenvalue weighted by molar-refractivity contribution is 5.94. The second-order valence-electron chi connectivity index (χ2n) is 5.63. The smallest absolute Gasteiger partial charge is 0.251 e. The highest BCUT2D eigenvalue weighted by Gasteiger charge is 2.16. The minimum Gasteiger partial charge on any atom is -0.378 e. The van der Waals surface area contributed by atoms with Crippen LogP contribution in [0.15, 0.2) is 42.6 Å². The molecule has 1 aliphatic heterocycles. The summed E-state index contributed by atoms with van der Waals surface area (Å²) >= 11 is 0. The number of carbonyl (C=O) groups excluding carboxylic acids is 1. The number of aryl methyl sites for hydroxylation is 1. The average molecular weight is 311 g/mol. The monoisotopic (exact) mass is 311 g/mol. The topological polar surface area (TPSA) is 54.5 Å². The molecule has 5 nitrogen and oxygen atoms in total. The van der Waals surface area contributed by atoms with Crippen molar-refractivity contribution in [2.45, 2.75) is 13.5 Å². The third-order valence-corrected chi connectivity index (χ3v) is 3.93. The number of morpholine rings is 1. The van der Waals surface area contributed by atoms with E-state index in [1.165, 1.54) is 0 Å². The van der Waals surface area contributed by atoms with Gasteiger partial charge in [-0.1, -0.05) is 23.8 Å². The second kappa shape index (κ2) is 7.24. The van der Waals surface area contributed by atoms with Crippen LogP contribution in [0.25, 0.3) is 0 Å². The number of aromatic nitrogens is 1. The molecule has 5 heteroatoms. The molecule has 0 bridgehead atoms. The van der Waals surface area contributed by atoms with Gasteiger partial charge in [0.1, 0.15) is 5.82 Å². The van der Waals surface area contributed by atoms with Crippen LogP contribution in [0.4, 0.5) is 5.82 Å². The first-order valence-electron chi connectivity index (χ1n) is 7.85. The molecule has 0 radical (unpaired) electrons. The highest BCUT2D eigenvalue weighted by atomic mass is 16.5. The van der Waals surface area contributed by atoms with Gasteiger partial charge in [-0.3, -0.25) is 4.79 Å². The highest BCUT2D eigenvalue weighted by Crippen LogP contribution is 2.18. The predicted octanol–water partition coefficient (Wildman–Crippen LogP) is 2.16. The van der Waals surface area contributed by atoms with E-state index in [1.807, 2.05) is 43.3 Å². The van der Waals surface area contributed by atoms with Crippen LogP contribution >= 0.6 is 0 Å². The number of carbonyl (C=O) groups is 1. The summed E-state index contributed by atoms with van der Waals surface area (Å²) in [5.74, 6) is 0.863. The molecule has 1 saturated heterocycles. The van der Waals surface area contributed by atoms with Crippen molar-refractivity contribution in [3.63, 3.8) is 0 Å². The lowest BCUT2D eigenvalue weighted by Crippen LogP contribution is -2.37. The van der Waals surface area contributed by atoms with Crippen molar-refractivity contribution >= 4 is 11.7 Å². The predicted molar refractivity (Wildman–Crippen MR) is 89.6 cm³/mol.